The molecule has 0 aliphatic heterocycles. The number of nitrogens with two attached hydrogens (primary N) is 2. The van der Waals surface area contributed by atoms with Crippen molar-refractivity contribution in [1.29, 1.82) is 0 Å². The number of aliphatic hydroxyl groups excluding tert-OH is 2. The second kappa shape index (κ2) is 43.1. The summed E-state index contributed by atoms with van der Waals surface area (Å²) in [6.07, 6.45) is -4.85. The average Bonchev–Trinajstić information content (AvgIpc) is 1.66. The first-order valence-corrected chi connectivity index (χ1v) is 47.7. The van der Waals surface area contributed by atoms with Crippen LogP contribution in [0.1, 0.15) is 261 Å². The molecule has 16 rings (SSSR count). The number of ether oxygens (including phenoxy) is 2. The van der Waals surface area contributed by atoms with Gasteiger partial charge in [-0.15, -0.1) is 0 Å². The van der Waals surface area contributed by atoms with Crippen molar-refractivity contribution in [3.05, 3.63) is 278 Å². The molecule has 39 heteroatoms. The van der Waals surface area contributed by atoms with Crippen LogP contribution in [0.3, 0.4) is 0 Å². The third kappa shape index (κ3) is 23.6. The summed E-state index contributed by atoms with van der Waals surface area (Å²) in [7, 11) is 1.21. The zero-order valence-corrected chi connectivity index (χ0v) is 79.3. The molecule has 1 aromatic heterocycles. The molecular formula is C105H115F18N7O14. The largest absolute Gasteiger partial charge is 0.468 e. The Morgan fingerprint density at radius 2 is 0.674 bits per heavy atom. The Hall–Kier alpha value is -11.2. The molecule has 8 fully saturated rings. The van der Waals surface area contributed by atoms with E-state index in [0.29, 0.717) is 123 Å². The van der Waals surface area contributed by atoms with E-state index < -0.39 is 122 Å². The lowest BCUT2D eigenvalue weighted by Gasteiger charge is -2.43. The van der Waals surface area contributed by atoms with Gasteiger partial charge in [0.1, 0.15) is 41.5 Å². The number of benzene rings is 7. The maximum Gasteiger partial charge on any atom is 0.423 e. The average molecular weight is 2040 g/mol. The Balaban J connectivity index is 0.000000161. The van der Waals surface area contributed by atoms with Gasteiger partial charge in [-0.05, 0) is 293 Å². The monoisotopic (exact) mass is 2040 g/mol. The number of halogens is 18. The molecule has 7 aromatic carbocycles. The minimum atomic E-state index is -5.09. The molecule has 144 heavy (non-hydrogen) atoms. The summed E-state index contributed by atoms with van der Waals surface area (Å²) in [5.74, 6) is -5.63. The van der Waals surface area contributed by atoms with E-state index in [1.807, 2.05) is 4.90 Å². The summed E-state index contributed by atoms with van der Waals surface area (Å²) >= 11 is 0. The number of carbonyl (C=O) groups excluding carboxylic acids is 6. The molecule has 8 aliphatic carbocycles. The summed E-state index contributed by atoms with van der Waals surface area (Å²) in [5.41, 5.74) is -3.17. The number of aliphatic hydroxyl groups is 6. The molecule has 0 radical (unpaired) electrons. The normalized spacial score (nSPS) is 24.1. The smallest absolute Gasteiger partial charge is 0.423 e. The number of methoxy groups -OCH3 is 1. The number of esters is 1. The zero-order valence-electron chi connectivity index (χ0n) is 79.3. The lowest BCUT2D eigenvalue weighted by molar-refractivity contribution is -0.277. The SMILES string of the molecule is COC(=O)C1(c2ccc(F)cc2F)CCC(N(C(=O)c2ccc([C@](C)(O)C(F)(F)F)cc2)C2CC2)CC1.C[C@](O)(c1ccc(C(=O)N(C2CC2)C2CCC(CN)(c3ccc(F)cn3)CC2)cc1)C(F)(F)F.C[C@](O)(c1ccc(C(=O)N(C2CC2)C2CCC(CO)(c3ccc(F)cc3F)CC2)cc1)C(F)(F)F.NC(=O)OCC1(c2ccc(F)cc2)CCC(N(C(=O)c2ccc([C@@](O)(CO)C(F)(F)F)cc2)C2CC2)CC1. The number of alkyl halides is 12. The van der Waals surface area contributed by atoms with Crippen molar-refractivity contribution in [1.82, 2.24) is 24.6 Å². The van der Waals surface area contributed by atoms with Gasteiger partial charge in [0.15, 0.2) is 16.8 Å². The van der Waals surface area contributed by atoms with Crippen LogP contribution in [0, 0.1) is 34.9 Å². The van der Waals surface area contributed by atoms with Crippen molar-refractivity contribution in [2.75, 3.05) is 33.5 Å². The summed E-state index contributed by atoms with van der Waals surface area (Å²) in [6.45, 7) is 0.556. The number of aromatic nitrogens is 1. The van der Waals surface area contributed by atoms with Gasteiger partial charge in [0.05, 0.1) is 31.9 Å². The second-order valence-electron chi connectivity index (χ2n) is 39.7. The van der Waals surface area contributed by atoms with Crippen molar-refractivity contribution in [2.45, 2.75) is 292 Å². The van der Waals surface area contributed by atoms with Crippen molar-refractivity contribution in [2.24, 2.45) is 11.5 Å². The van der Waals surface area contributed by atoms with Crippen LogP contribution >= 0.6 is 0 Å². The molecule has 0 saturated heterocycles. The van der Waals surface area contributed by atoms with Crippen molar-refractivity contribution in [3.63, 3.8) is 0 Å². The topological polar surface area (TPSA) is 320 Å². The van der Waals surface area contributed by atoms with E-state index in [0.717, 1.165) is 129 Å². The summed E-state index contributed by atoms with van der Waals surface area (Å²) in [4.78, 5) is 89.2. The van der Waals surface area contributed by atoms with Gasteiger partial charge in [-0.1, -0.05) is 72.8 Å². The molecule has 5 amide bonds. The standard InChI is InChI=1S/C27H28F5NO4.C27H30F4N2O5.C26H28F5NO3.C25H29F4N3O2/c1-25(36,27(30,31)32)17-5-3-16(4-6-17)23(34)33(19-8-9-19)20-11-13-26(14-12-20,24(35)37-2)21-10-7-18(28)15-22(21)29;28-20-7-5-18(6-8-20)25(16-38-24(32)36)13-11-22(12-14-25)33(21-9-10-21)23(35)17-1-3-19(4-2-17)26(37,15-34)27(29,30)31;1-24(35,26(29,30)31)17-4-2-16(3-5-17)23(34)32(19-7-8-19)20-10-12-25(15-33,13-11-20)21-9-6-18(27)14-22(21)28;1-23(34,25(27,28)29)17-4-2-16(3-5-17)22(33)32(19-7-8-19)20-10-12-24(15-30,13-11-20)21-9-6-18(26)14-31-21/h3-7,10,15,19-20,36H,8-9,11-14H2,1-2H3;1-8,21-22,34,37H,9-16H2,(H2,32,36);2-6,9,14,19-20,33,35H,7-8,10-13,15H2,1H3;2-6,9,14,19-20,34H,7-8,10-13,15,30H2,1H3/t20?,25-,26?;22?,25?,26-;20?,24-,25?;20?,23-,24?/m0000/s1. The number of rotatable bonds is 26. The Labute approximate surface area is 819 Å². The lowest BCUT2D eigenvalue weighted by Crippen LogP contribution is -2.49. The van der Waals surface area contributed by atoms with E-state index in [1.54, 1.807) is 32.9 Å². The maximum atomic E-state index is 14.7. The van der Waals surface area contributed by atoms with E-state index in [-0.39, 0.29) is 148 Å². The number of pyridine rings is 1. The first-order chi connectivity index (χ1) is 67.6. The van der Waals surface area contributed by atoms with Crippen LogP contribution in [-0.4, -0.2) is 197 Å². The van der Waals surface area contributed by atoms with E-state index >= 15 is 0 Å². The third-order valence-electron chi connectivity index (χ3n) is 30.3. The van der Waals surface area contributed by atoms with Crippen LogP contribution < -0.4 is 11.5 Å². The van der Waals surface area contributed by atoms with Gasteiger partial charge >= 0.3 is 36.8 Å². The highest BCUT2D eigenvalue weighted by Crippen LogP contribution is 2.52. The Morgan fingerprint density at radius 1 is 0.375 bits per heavy atom. The highest BCUT2D eigenvalue weighted by molar-refractivity contribution is 5.97. The van der Waals surface area contributed by atoms with E-state index in [1.165, 1.54) is 98.2 Å². The minimum absolute atomic E-state index is 0.0110. The molecule has 8 aliphatic rings. The van der Waals surface area contributed by atoms with Gasteiger partial charge in [0.25, 0.3) is 23.6 Å². The van der Waals surface area contributed by atoms with Gasteiger partial charge < -0.3 is 71.2 Å². The number of hydrogen-bond acceptors (Lipinski definition) is 16. The van der Waals surface area contributed by atoms with E-state index in [4.69, 9.17) is 20.9 Å². The van der Waals surface area contributed by atoms with Crippen LogP contribution in [0.4, 0.5) is 83.8 Å². The van der Waals surface area contributed by atoms with Gasteiger partial charge in [0, 0.05) is 117 Å². The number of amides is 5. The first-order valence-electron chi connectivity index (χ1n) is 47.7. The quantitative estimate of drug-likeness (QED) is 0.0184. The first kappa shape index (κ1) is 110. The Morgan fingerprint density at radius 3 is 0.951 bits per heavy atom. The molecule has 4 atom stereocenters. The number of primary amides is 1. The molecule has 10 N–H and O–H groups in total. The molecule has 8 aromatic rings. The molecule has 8 saturated carbocycles. The summed E-state index contributed by atoms with van der Waals surface area (Å²) < 4.78 is 251. The van der Waals surface area contributed by atoms with Crippen molar-refractivity contribution in [3.8, 4) is 0 Å². The fraction of sp³-hybridized carbons (Fsp3) is 0.495. The molecule has 0 spiro atoms. The number of nitrogens with zero attached hydrogens (tertiary/aromatic N) is 5. The fourth-order valence-electron chi connectivity index (χ4n) is 20.6. The molecule has 0 unspecified atom stereocenters. The molecule has 0 bridgehead atoms. The molecule has 21 nitrogen and oxygen atoms in total. The predicted octanol–water partition coefficient (Wildman–Crippen LogP) is 19.2. The predicted molar refractivity (Wildman–Crippen MR) is 489 cm³/mol. The third-order valence-corrected chi connectivity index (χ3v) is 30.3. The number of carbonyl (C=O) groups is 6. The van der Waals surface area contributed by atoms with Crippen LogP contribution in [0.25, 0.3) is 0 Å². The second-order valence-corrected chi connectivity index (χ2v) is 39.7. The van der Waals surface area contributed by atoms with Gasteiger partial charge in [-0.25, -0.2) is 31.1 Å². The van der Waals surface area contributed by atoms with Crippen LogP contribution in [-0.2, 0) is 58.3 Å². The molecular weight excluding hydrogens is 1930 g/mol. The molecule has 780 valence electrons. The zero-order chi connectivity index (χ0) is 105. The van der Waals surface area contributed by atoms with E-state index in [2.05, 4.69) is 4.98 Å². The highest BCUT2D eigenvalue weighted by Gasteiger charge is 2.58. The summed E-state index contributed by atoms with van der Waals surface area (Å²) in [6, 6.07) is 33.9. The van der Waals surface area contributed by atoms with Crippen LogP contribution in [0.5, 0.6) is 0 Å². The van der Waals surface area contributed by atoms with Crippen molar-refractivity contribution >= 4 is 35.7 Å². The van der Waals surface area contributed by atoms with E-state index in [9.17, 15) is 138 Å². The highest BCUT2D eigenvalue weighted by atomic mass is 19.4. The Bertz CT molecular complexity index is 5810. The minimum Gasteiger partial charge on any atom is -0.468 e. The van der Waals surface area contributed by atoms with Crippen LogP contribution in [0.2, 0.25) is 0 Å². The van der Waals surface area contributed by atoms with Gasteiger partial charge in [-0.3, -0.25) is 29.0 Å². The van der Waals surface area contributed by atoms with Gasteiger partial charge in [-0.2, -0.15) is 52.7 Å². The summed E-state index contributed by atoms with van der Waals surface area (Å²) in [5, 5.41) is 59.0. The lowest BCUT2D eigenvalue weighted by atomic mass is 9.67. The maximum absolute atomic E-state index is 14.7. The fourth-order valence-corrected chi connectivity index (χ4v) is 20.6. The number of hydrogen-bond donors (Lipinski definition) is 8. The van der Waals surface area contributed by atoms with Crippen LogP contribution in [0.15, 0.2) is 176 Å². The molecule has 1 heterocycles. The Kier molecular flexibility index (Phi) is 32.9. The van der Waals surface area contributed by atoms with Crippen molar-refractivity contribution < 1.29 is 148 Å². The van der Waals surface area contributed by atoms with Gasteiger partial charge in [0.2, 0.25) is 5.60 Å².